The Morgan fingerprint density at radius 1 is 1.44 bits per heavy atom. The van der Waals surface area contributed by atoms with Gasteiger partial charge >= 0.3 is 0 Å². The van der Waals surface area contributed by atoms with Crippen molar-refractivity contribution in [1.82, 2.24) is 5.32 Å². The van der Waals surface area contributed by atoms with Crippen LogP contribution in [0.4, 0.5) is 0 Å². The van der Waals surface area contributed by atoms with Crippen molar-refractivity contribution in [3.63, 3.8) is 0 Å². The number of aliphatic hydroxyl groups excluding tert-OH is 1. The SMILES string of the molecule is COc1ccc(CNCCC(C)O)cc1O. The third kappa shape index (κ3) is 4.08. The molecule has 1 aromatic carbocycles. The number of ether oxygens (including phenoxy) is 1. The van der Waals surface area contributed by atoms with Gasteiger partial charge in [-0.25, -0.2) is 0 Å². The number of aromatic hydroxyl groups is 1. The van der Waals surface area contributed by atoms with Gasteiger partial charge in [0.1, 0.15) is 0 Å². The van der Waals surface area contributed by atoms with Crippen LogP contribution >= 0.6 is 0 Å². The zero-order valence-corrected chi connectivity index (χ0v) is 9.73. The van der Waals surface area contributed by atoms with Crippen molar-refractivity contribution in [2.45, 2.75) is 26.0 Å². The van der Waals surface area contributed by atoms with E-state index in [2.05, 4.69) is 5.32 Å². The average Bonchev–Trinajstić information content (AvgIpc) is 2.24. The van der Waals surface area contributed by atoms with Crippen LogP contribution < -0.4 is 10.1 Å². The molecule has 1 rings (SSSR count). The number of phenolic OH excluding ortho intramolecular Hbond substituents is 1. The van der Waals surface area contributed by atoms with Crippen LogP contribution in [0.3, 0.4) is 0 Å². The third-order valence-electron chi connectivity index (χ3n) is 2.31. The highest BCUT2D eigenvalue weighted by atomic mass is 16.5. The molecule has 0 amide bonds. The zero-order chi connectivity index (χ0) is 12.0. The summed E-state index contributed by atoms with van der Waals surface area (Å²) in [6.07, 6.45) is 0.444. The molecule has 0 fully saturated rings. The second-order valence-electron chi connectivity index (χ2n) is 3.82. The summed E-state index contributed by atoms with van der Waals surface area (Å²) < 4.78 is 4.95. The molecule has 16 heavy (non-hydrogen) atoms. The van der Waals surface area contributed by atoms with Crippen LogP contribution in [0, 0.1) is 0 Å². The second-order valence-corrected chi connectivity index (χ2v) is 3.82. The quantitative estimate of drug-likeness (QED) is 0.638. The smallest absolute Gasteiger partial charge is 0.160 e. The fraction of sp³-hybridized carbons (Fsp3) is 0.500. The van der Waals surface area contributed by atoms with Crippen molar-refractivity contribution >= 4 is 0 Å². The normalized spacial score (nSPS) is 12.4. The van der Waals surface area contributed by atoms with Crippen LogP contribution in [0.1, 0.15) is 18.9 Å². The molecule has 0 aliphatic heterocycles. The predicted octanol–water partition coefficient (Wildman–Crippen LogP) is 1.26. The van der Waals surface area contributed by atoms with Gasteiger partial charge in [-0.2, -0.15) is 0 Å². The molecule has 0 aliphatic carbocycles. The molecule has 0 aromatic heterocycles. The molecular formula is C12H19NO3. The summed E-state index contributed by atoms with van der Waals surface area (Å²) in [5.41, 5.74) is 0.990. The number of hydrogen-bond donors (Lipinski definition) is 3. The Kier molecular flexibility index (Phi) is 5.08. The minimum Gasteiger partial charge on any atom is -0.504 e. The summed E-state index contributed by atoms with van der Waals surface area (Å²) >= 11 is 0. The van der Waals surface area contributed by atoms with E-state index in [0.29, 0.717) is 12.3 Å². The maximum Gasteiger partial charge on any atom is 0.160 e. The predicted molar refractivity (Wildman–Crippen MR) is 62.7 cm³/mol. The van der Waals surface area contributed by atoms with E-state index in [9.17, 15) is 5.11 Å². The first kappa shape index (κ1) is 12.8. The number of aliphatic hydroxyl groups is 1. The first-order valence-electron chi connectivity index (χ1n) is 5.38. The lowest BCUT2D eigenvalue weighted by Crippen LogP contribution is -2.18. The number of rotatable bonds is 6. The Balaban J connectivity index is 2.40. The molecule has 0 radical (unpaired) electrons. The Labute approximate surface area is 95.9 Å². The summed E-state index contributed by atoms with van der Waals surface area (Å²) in [7, 11) is 1.52. The second kappa shape index (κ2) is 6.35. The molecule has 4 heteroatoms. The van der Waals surface area contributed by atoms with E-state index in [4.69, 9.17) is 9.84 Å². The van der Waals surface area contributed by atoms with Crippen molar-refractivity contribution < 1.29 is 14.9 Å². The van der Waals surface area contributed by atoms with Crippen LogP contribution in [-0.4, -0.2) is 30.0 Å². The summed E-state index contributed by atoms with van der Waals surface area (Å²) in [6.45, 7) is 3.19. The first-order valence-corrected chi connectivity index (χ1v) is 5.38. The molecule has 90 valence electrons. The molecule has 0 saturated carbocycles. The number of methoxy groups -OCH3 is 1. The molecule has 0 aliphatic rings. The van der Waals surface area contributed by atoms with Gasteiger partial charge in [0.05, 0.1) is 13.2 Å². The van der Waals surface area contributed by atoms with Gasteiger partial charge in [0, 0.05) is 6.54 Å². The molecule has 1 atom stereocenters. The monoisotopic (exact) mass is 225 g/mol. The fourth-order valence-electron chi connectivity index (χ4n) is 1.39. The van der Waals surface area contributed by atoms with Crippen LogP contribution in [0.25, 0.3) is 0 Å². The minimum atomic E-state index is -0.281. The molecule has 1 unspecified atom stereocenters. The Morgan fingerprint density at radius 3 is 2.75 bits per heavy atom. The van der Waals surface area contributed by atoms with Crippen molar-refractivity contribution in [3.8, 4) is 11.5 Å². The standard InChI is InChI=1S/C12H19NO3/c1-9(14)5-6-13-8-10-3-4-12(16-2)11(15)7-10/h3-4,7,9,13-15H,5-6,8H2,1-2H3. The fourth-order valence-corrected chi connectivity index (χ4v) is 1.39. The Morgan fingerprint density at radius 2 is 2.19 bits per heavy atom. The molecule has 3 N–H and O–H groups in total. The van der Waals surface area contributed by atoms with Gasteiger partial charge in [0.25, 0.3) is 0 Å². The first-order chi connectivity index (χ1) is 7.63. The van der Waals surface area contributed by atoms with E-state index in [0.717, 1.165) is 18.5 Å². The highest BCUT2D eigenvalue weighted by Crippen LogP contribution is 2.25. The highest BCUT2D eigenvalue weighted by Gasteiger charge is 2.02. The largest absolute Gasteiger partial charge is 0.504 e. The van der Waals surface area contributed by atoms with Crippen molar-refractivity contribution in [2.75, 3.05) is 13.7 Å². The number of nitrogens with one attached hydrogen (secondary N) is 1. The highest BCUT2D eigenvalue weighted by molar-refractivity contribution is 5.41. The maximum atomic E-state index is 9.54. The number of hydrogen-bond acceptors (Lipinski definition) is 4. The molecule has 0 heterocycles. The molecule has 1 aromatic rings. The molecule has 0 bridgehead atoms. The van der Waals surface area contributed by atoms with Gasteiger partial charge in [-0.05, 0) is 37.6 Å². The number of phenols is 1. The van der Waals surface area contributed by atoms with E-state index in [1.165, 1.54) is 7.11 Å². The topological polar surface area (TPSA) is 61.7 Å². The minimum absolute atomic E-state index is 0.150. The van der Waals surface area contributed by atoms with Gasteiger partial charge in [-0.1, -0.05) is 6.07 Å². The Bertz CT molecular complexity index is 326. The van der Waals surface area contributed by atoms with Gasteiger partial charge in [0.15, 0.2) is 11.5 Å². The van der Waals surface area contributed by atoms with Crippen LogP contribution in [0.5, 0.6) is 11.5 Å². The van der Waals surface area contributed by atoms with Crippen molar-refractivity contribution in [3.05, 3.63) is 23.8 Å². The summed E-state index contributed by atoms with van der Waals surface area (Å²) in [5, 5.41) is 21.8. The lowest BCUT2D eigenvalue weighted by Gasteiger charge is -2.08. The molecule has 0 saturated heterocycles. The van der Waals surface area contributed by atoms with Crippen molar-refractivity contribution in [2.24, 2.45) is 0 Å². The number of benzene rings is 1. The van der Waals surface area contributed by atoms with Crippen LogP contribution in [0.2, 0.25) is 0 Å². The van der Waals surface area contributed by atoms with Gasteiger partial charge < -0.3 is 20.3 Å². The third-order valence-corrected chi connectivity index (χ3v) is 2.31. The summed E-state index contributed by atoms with van der Waals surface area (Å²) in [6, 6.07) is 5.31. The van der Waals surface area contributed by atoms with Gasteiger partial charge in [-0.15, -0.1) is 0 Å². The molecule has 0 spiro atoms. The average molecular weight is 225 g/mol. The maximum absolute atomic E-state index is 9.54. The van der Waals surface area contributed by atoms with Crippen LogP contribution in [0.15, 0.2) is 18.2 Å². The van der Waals surface area contributed by atoms with Crippen LogP contribution in [-0.2, 0) is 6.54 Å². The zero-order valence-electron chi connectivity index (χ0n) is 9.73. The van der Waals surface area contributed by atoms with Crippen molar-refractivity contribution in [1.29, 1.82) is 0 Å². The lowest BCUT2D eigenvalue weighted by molar-refractivity contribution is 0.183. The van der Waals surface area contributed by atoms with E-state index in [-0.39, 0.29) is 11.9 Å². The van der Waals surface area contributed by atoms with Gasteiger partial charge in [-0.3, -0.25) is 0 Å². The summed E-state index contributed by atoms with van der Waals surface area (Å²) in [4.78, 5) is 0. The van der Waals surface area contributed by atoms with E-state index in [1.54, 1.807) is 19.1 Å². The molecule has 4 nitrogen and oxygen atoms in total. The summed E-state index contributed by atoms with van der Waals surface area (Å²) in [5.74, 6) is 0.630. The van der Waals surface area contributed by atoms with E-state index >= 15 is 0 Å². The molecular weight excluding hydrogens is 206 g/mol. The Hall–Kier alpha value is -1.26. The lowest BCUT2D eigenvalue weighted by atomic mass is 10.2. The van der Waals surface area contributed by atoms with E-state index < -0.39 is 0 Å². The van der Waals surface area contributed by atoms with Gasteiger partial charge in [0.2, 0.25) is 0 Å². The van der Waals surface area contributed by atoms with E-state index in [1.807, 2.05) is 6.07 Å².